The third-order valence-corrected chi connectivity index (χ3v) is 6.12. The van der Waals surface area contributed by atoms with Gasteiger partial charge >= 0.3 is 0 Å². The lowest BCUT2D eigenvalue weighted by atomic mass is 10.1. The number of rotatable bonds is 7. The fourth-order valence-electron chi connectivity index (χ4n) is 4.15. The minimum absolute atomic E-state index is 0.0715. The van der Waals surface area contributed by atoms with Crippen LogP contribution in [0.25, 0.3) is 0 Å². The van der Waals surface area contributed by atoms with Gasteiger partial charge in [-0.1, -0.05) is 41.4 Å². The summed E-state index contributed by atoms with van der Waals surface area (Å²) in [6, 6.07) is 20.4. The summed E-state index contributed by atoms with van der Waals surface area (Å²) < 4.78 is 5.17. The molecule has 3 aromatic rings. The van der Waals surface area contributed by atoms with Crippen LogP contribution >= 0.6 is 11.6 Å². The molecule has 1 saturated heterocycles. The Balaban J connectivity index is 1.63. The molecular formula is C27H25ClN2O4. The molecule has 174 valence electrons. The summed E-state index contributed by atoms with van der Waals surface area (Å²) in [4.78, 5) is 42.6. The van der Waals surface area contributed by atoms with Gasteiger partial charge in [-0.25, -0.2) is 4.90 Å². The quantitative estimate of drug-likeness (QED) is 0.464. The molecule has 1 atom stereocenters. The van der Waals surface area contributed by atoms with E-state index in [-0.39, 0.29) is 24.8 Å². The van der Waals surface area contributed by atoms with Gasteiger partial charge in [0.05, 0.1) is 19.2 Å². The zero-order valence-corrected chi connectivity index (χ0v) is 19.8. The van der Waals surface area contributed by atoms with Crippen LogP contribution in [0.5, 0.6) is 5.75 Å². The summed E-state index contributed by atoms with van der Waals surface area (Å²) in [6.07, 6.45) is 0.427. The van der Waals surface area contributed by atoms with Gasteiger partial charge < -0.3 is 9.64 Å². The van der Waals surface area contributed by atoms with Gasteiger partial charge in [-0.15, -0.1) is 0 Å². The van der Waals surface area contributed by atoms with Gasteiger partial charge in [0.1, 0.15) is 11.8 Å². The number of hydrogen-bond donors (Lipinski definition) is 0. The van der Waals surface area contributed by atoms with Crippen LogP contribution in [0.1, 0.15) is 27.9 Å². The van der Waals surface area contributed by atoms with Gasteiger partial charge in [0.2, 0.25) is 5.91 Å². The molecule has 1 unspecified atom stereocenters. The molecule has 3 amide bonds. The van der Waals surface area contributed by atoms with Crippen molar-refractivity contribution < 1.29 is 19.1 Å². The minimum atomic E-state index is -0.887. The number of imide groups is 1. The Kier molecular flexibility index (Phi) is 6.98. The molecule has 0 aliphatic carbocycles. The average molecular weight is 477 g/mol. The van der Waals surface area contributed by atoms with Crippen LogP contribution in [0, 0.1) is 6.92 Å². The molecule has 1 fully saturated rings. The maximum absolute atomic E-state index is 13.6. The van der Waals surface area contributed by atoms with Crippen molar-refractivity contribution in [2.24, 2.45) is 0 Å². The largest absolute Gasteiger partial charge is 0.497 e. The Labute approximate surface area is 203 Å². The van der Waals surface area contributed by atoms with Crippen LogP contribution in [0.4, 0.5) is 5.69 Å². The van der Waals surface area contributed by atoms with Crippen LogP contribution in [-0.4, -0.2) is 42.3 Å². The first-order chi connectivity index (χ1) is 16.4. The molecule has 1 heterocycles. The first-order valence-electron chi connectivity index (χ1n) is 11.0. The number of aryl methyl sites for hydroxylation is 1. The Morgan fingerprint density at radius 3 is 2.47 bits per heavy atom. The molecular weight excluding hydrogens is 452 g/mol. The molecule has 34 heavy (non-hydrogen) atoms. The summed E-state index contributed by atoms with van der Waals surface area (Å²) in [6.45, 7) is 2.18. The van der Waals surface area contributed by atoms with Crippen LogP contribution < -0.4 is 9.64 Å². The summed E-state index contributed by atoms with van der Waals surface area (Å²) in [7, 11) is 1.55. The maximum atomic E-state index is 13.6. The molecule has 1 aliphatic heterocycles. The number of benzene rings is 3. The Bertz CT molecular complexity index is 1230. The predicted octanol–water partition coefficient (Wildman–Crippen LogP) is 4.67. The van der Waals surface area contributed by atoms with Crippen molar-refractivity contribution in [3.8, 4) is 5.75 Å². The van der Waals surface area contributed by atoms with Crippen LogP contribution in [0.15, 0.2) is 72.8 Å². The summed E-state index contributed by atoms with van der Waals surface area (Å²) >= 11 is 6.12. The monoisotopic (exact) mass is 476 g/mol. The van der Waals surface area contributed by atoms with E-state index in [1.807, 2.05) is 37.3 Å². The van der Waals surface area contributed by atoms with Crippen LogP contribution in [-0.2, 0) is 16.0 Å². The van der Waals surface area contributed by atoms with E-state index < -0.39 is 11.9 Å². The number of ether oxygens (including phenoxy) is 1. The smallest absolute Gasteiger partial charge is 0.257 e. The fraction of sp³-hybridized carbons (Fsp3) is 0.222. The molecule has 0 saturated carbocycles. The van der Waals surface area contributed by atoms with Gasteiger partial charge in [-0.05, 0) is 67.4 Å². The first-order valence-corrected chi connectivity index (χ1v) is 11.4. The molecule has 4 rings (SSSR count). The topological polar surface area (TPSA) is 66.9 Å². The van der Waals surface area contributed by atoms with Crippen molar-refractivity contribution in [2.75, 3.05) is 18.6 Å². The van der Waals surface area contributed by atoms with Crippen molar-refractivity contribution in [1.29, 1.82) is 0 Å². The van der Waals surface area contributed by atoms with Gasteiger partial charge in [0.15, 0.2) is 0 Å². The Hall–Kier alpha value is -3.64. The number of carbonyl (C=O) groups excluding carboxylic acids is 3. The summed E-state index contributed by atoms with van der Waals surface area (Å²) in [5, 5.41) is 0.604. The van der Waals surface area contributed by atoms with Crippen molar-refractivity contribution in [2.45, 2.75) is 25.8 Å². The normalized spacial score (nSPS) is 15.5. The minimum Gasteiger partial charge on any atom is -0.497 e. The van der Waals surface area contributed by atoms with E-state index in [1.54, 1.807) is 49.6 Å². The van der Waals surface area contributed by atoms with Crippen molar-refractivity contribution in [3.63, 3.8) is 0 Å². The van der Waals surface area contributed by atoms with Crippen molar-refractivity contribution in [3.05, 3.63) is 94.5 Å². The molecule has 0 spiro atoms. The van der Waals surface area contributed by atoms with E-state index in [2.05, 4.69) is 0 Å². The number of hydrogen-bond acceptors (Lipinski definition) is 4. The van der Waals surface area contributed by atoms with Gasteiger partial charge in [0.25, 0.3) is 11.8 Å². The highest BCUT2D eigenvalue weighted by molar-refractivity contribution is 6.30. The number of methoxy groups -OCH3 is 1. The predicted molar refractivity (Wildman–Crippen MR) is 131 cm³/mol. The second kappa shape index (κ2) is 10.1. The van der Waals surface area contributed by atoms with E-state index in [1.165, 1.54) is 4.90 Å². The van der Waals surface area contributed by atoms with E-state index in [4.69, 9.17) is 16.3 Å². The van der Waals surface area contributed by atoms with Gasteiger partial charge in [0, 0.05) is 17.1 Å². The lowest BCUT2D eigenvalue weighted by molar-refractivity contribution is -0.122. The number of nitrogens with zero attached hydrogens (tertiary/aromatic N) is 2. The standard InChI is InChI=1S/C27H25ClN2O4/c1-18-5-3-7-20(15-18)26(32)29(14-13-19-6-4-8-21(28)16-19)24-17-25(31)30(27(24)33)22-9-11-23(34-2)12-10-22/h3-12,15-16,24H,13-14,17H2,1-2H3. The lowest BCUT2D eigenvalue weighted by Crippen LogP contribution is -2.46. The van der Waals surface area contributed by atoms with E-state index in [9.17, 15) is 14.4 Å². The molecule has 6 nitrogen and oxygen atoms in total. The molecule has 7 heteroatoms. The number of halogens is 1. The van der Waals surface area contributed by atoms with Gasteiger partial charge in [-0.2, -0.15) is 0 Å². The Morgan fingerprint density at radius 2 is 1.79 bits per heavy atom. The molecule has 0 bridgehead atoms. The summed E-state index contributed by atoms with van der Waals surface area (Å²) in [5.41, 5.74) is 2.82. The van der Waals surface area contributed by atoms with Crippen molar-refractivity contribution >= 4 is 35.0 Å². The fourth-order valence-corrected chi connectivity index (χ4v) is 4.36. The van der Waals surface area contributed by atoms with E-state index in [0.29, 0.717) is 28.4 Å². The second-order valence-corrected chi connectivity index (χ2v) is 8.67. The highest BCUT2D eigenvalue weighted by Gasteiger charge is 2.44. The molecule has 1 aliphatic rings. The average Bonchev–Trinajstić information content (AvgIpc) is 3.12. The molecule has 0 aromatic heterocycles. The third kappa shape index (κ3) is 4.97. The van der Waals surface area contributed by atoms with Crippen LogP contribution in [0.2, 0.25) is 5.02 Å². The first kappa shape index (κ1) is 23.5. The van der Waals surface area contributed by atoms with Gasteiger partial charge in [-0.3, -0.25) is 14.4 Å². The van der Waals surface area contributed by atoms with Crippen LogP contribution in [0.3, 0.4) is 0 Å². The van der Waals surface area contributed by atoms with E-state index in [0.717, 1.165) is 16.0 Å². The van der Waals surface area contributed by atoms with Crippen molar-refractivity contribution in [1.82, 2.24) is 4.90 Å². The third-order valence-electron chi connectivity index (χ3n) is 5.89. The molecule has 0 N–H and O–H groups in total. The van der Waals surface area contributed by atoms with E-state index >= 15 is 0 Å². The Morgan fingerprint density at radius 1 is 1.06 bits per heavy atom. The highest BCUT2D eigenvalue weighted by atomic mass is 35.5. The SMILES string of the molecule is COc1ccc(N2C(=O)CC(N(CCc3cccc(Cl)c3)C(=O)c3cccc(C)c3)C2=O)cc1. The zero-order valence-electron chi connectivity index (χ0n) is 19.0. The maximum Gasteiger partial charge on any atom is 0.257 e. The second-order valence-electron chi connectivity index (χ2n) is 8.23. The zero-order chi connectivity index (χ0) is 24.2. The lowest BCUT2D eigenvalue weighted by Gasteiger charge is -2.28. The summed E-state index contributed by atoms with van der Waals surface area (Å²) in [5.74, 6) is -0.419. The molecule has 3 aromatic carbocycles. The number of carbonyl (C=O) groups is 3. The number of anilines is 1. The highest BCUT2D eigenvalue weighted by Crippen LogP contribution is 2.28. The molecule has 0 radical (unpaired) electrons. The number of amides is 3.